The molecule has 15 aromatic carbocycles. The van der Waals surface area contributed by atoms with E-state index < -0.39 is 5.41 Å². The Labute approximate surface area is 524 Å². The van der Waals surface area contributed by atoms with Gasteiger partial charge < -0.3 is 18.3 Å². The predicted molar refractivity (Wildman–Crippen MR) is 382 cm³/mol. The Morgan fingerprint density at radius 3 is 0.791 bits per heavy atom. The zero-order valence-corrected chi connectivity index (χ0v) is 49.5. The van der Waals surface area contributed by atoms with Crippen molar-refractivity contribution in [3.63, 3.8) is 0 Å². The normalized spacial score (nSPS) is 12.9. The number of aromatic nitrogens is 4. The third-order valence-corrected chi connectivity index (χ3v) is 20.2. The van der Waals surface area contributed by atoms with Gasteiger partial charge >= 0.3 is 0 Å². The maximum atomic E-state index is 2.56. The van der Waals surface area contributed by atoms with E-state index in [-0.39, 0.29) is 0 Å². The second-order valence-corrected chi connectivity index (χ2v) is 24.7. The van der Waals surface area contributed by atoms with Crippen LogP contribution in [-0.2, 0) is 5.41 Å². The molecule has 0 saturated carbocycles. The van der Waals surface area contributed by atoms with Crippen LogP contribution in [0.2, 0.25) is 0 Å². The molecule has 0 fully saturated rings. The van der Waals surface area contributed by atoms with Crippen molar-refractivity contribution in [3.8, 4) is 45.0 Å². The summed E-state index contributed by atoms with van der Waals surface area (Å²) in [5.41, 5.74) is 23.0. The third kappa shape index (κ3) is 7.04. The molecule has 0 N–H and O–H groups in total. The summed E-state index contributed by atoms with van der Waals surface area (Å²) in [5.74, 6) is 0. The van der Waals surface area contributed by atoms with E-state index >= 15 is 0 Å². The number of para-hydroxylation sites is 8. The van der Waals surface area contributed by atoms with Crippen LogP contribution in [0.15, 0.2) is 328 Å². The van der Waals surface area contributed by atoms with Crippen molar-refractivity contribution in [1.29, 1.82) is 0 Å². The van der Waals surface area contributed by atoms with Gasteiger partial charge in [0.1, 0.15) is 0 Å². The Bertz CT molecular complexity index is 5740. The van der Waals surface area contributed by atoms with Gasteiger partial charge in [-0.3, -0.25) is 0 Å². The molecule has 0 aliphatic heterocycles. The van der Waals surface area contributed by atoms with Crippen LogP contribution in [0.25, 0.3) is 154 Å². The summed E-state index contributed by atoms with van der Waals surface area (Å²) in [6, 6.07) is 123. The first-order chi connectivity index (χ1) is 45.1. The van der Waals surface area contributed by atoms with Crippen molar-refractivity contribution in [2.75, 3.05) is 0 Å². The molecule has 91 heavy (non-hydrogen) atoms. The zero-order valence-electron chi connectivity index (χ0n) is 49.5. The molecule has 0 saturated heterocycles. The molecule has 20 rings (SSSR count). The summed E-state index contributed by atoms with van der Waals surface area (Å²) in [4.78, 5) is 0. The standard InChI is InChI=1S/C87H54N4/c1-3-19-63(20-4-1)88-81-33-17-11-27-71(81)73-51-55(37-47-83(73)88)59-49-57-35-36-58-50-60(56-38-48-84-74(52-56)72-28-12-18-34-82(72)89(84)64-21-5-2-6-22-64)54-76-86(58)85(57)75(53-59)87(76,61-39-43-65(44-40-61)90-77-29-13-7-23-67(77)68-24-8-14-30-78(68)90)62-41-45-66(46-42-62)91-79-31-15-9-25-69(79)70-26-10-16-32-80(70)91/h1-54H. The fourth-order valence-electron chi connectivity index (χ4n) is 16.3. The van der Waals surface area contributed by atoms with E-state index in [9.17, 15) is 0 Å². The second kappa shape index (κ2) is 19.0. The Morgan fingerprint density at radius 2 is 0.462 bits per heavy atom. The maximum Gasteiger partial charge on any atom is 0.0714 e. The average Bonchev–Trinajstić information content (AvgIpc) is 1.53. The van der Waals surface area contributed by atoms with Crippen molar-refractivity contribution in [2.45, 2.75) is 5.41 Å². The van der Waals surface area contributed by atoms with Gasteiger partial charge in [-0.2, -0.15) is 0 Å². The van der Waals surface area contributed by atoms with Crippen LogP contribution in [0.5, 0.6) is 0 Å². The quantitative estimate of drug-likeness (QED) is 0.135. The van der Waals surface area contributed by atoms with Crippen LogP contribution in [0.1, 0.15) is 22.3 Å². The van der Waals surface area contributed by atoms with Crippen molar-refractivity contribution < 1.29 is 0 Å². The summed E-state index contributed by atoms with van der Waals surface area (Å²) >= 11 is 0. The minimum absolute atomic E-state index is 0.800. The second-order valence-electron chi connectivity index (χ2n) is 24.7. The molecule has 0 unspecified atom stereocenters. The number of fused-ring (bicyclic) bond motifs is 12. The molecular formula is C87H54N4. The summed E-state index contributed by atoms with van der Waals surface area (Å²) < 4.78 is 9.71. The van der Waals surface area contributed by atoms with Gasteiger partial charge in [-0.1, -0.05) is 194 Å². The highest BCUT2D eigenvalue weighted by Gasteiger charge is 2.46. The smallest absolute Gasteiger partial charge is 0.0714 e. The van der Waals surface area contributed by atoms with Crippen molar-refractivity contribution in [2.24, 2.45) is 0 Å². The molecule has 4 aromatic heterocycles. The van der Waals surface area contributed by atoms with Gasteiger partial charge in [0, 0.05) is 65.8 Å². The van der Waals surface area contributed by atoms with E-state index in [1.807, 2.05) is 0 Å². The molecule has 0 spiro atoms. The van der Waals surface area contributed by atoms with Crippen molar-refractivity contribution in [1.82, 2.24) is 18.3 Å². The minimum Gasteiger partial charge on any atom is -0.309 e. The number of hydrogen-bond donors (Lipinski definition) is 0. The van der Waals surface area contributed by atoms with E-state index in [2.05, 4.69) is 346 Å². The molecule has 4 heterocycles. The van der Waals surface area contributed by atoms with Crippen LogP contribution in [0, 0.1) is 0 Å². The average molecular weight is 1160 g/mol. The van der Waals surface area contributed by atoms with E-state index in [4.69, 9.17) is 0 Å². The number of rotatable bonds is 8. The Hall–Kier alpha value is -12.0. The molecule has 0 atom stereocenters. The summed E-state index contributed by atoms with van der Waals surface area (Å²) in [6.07, 6.45) is 0. The highest BCUT2D eigenvalue weighted by Crippen LogP contribution is 2.58. The van der Waals surface area contributed by atoms with Crippen molar-refractivity contribution >= 4 is 109 Å². The van der Waals surface area contributed by atoms with E-state index in [0.717, 1.165) is 22.7 Å². The molecule has 1 aliphatic carbocycles. The van der Waals surface area contributed by atoms with Crippen LogP contribution >= 0.6 is 0 Å². The topological polar surface area (TPSA) is 19.7 Å². The predicted octanol–water partition coefficient (Wildman–Crippen LogP) is 22.4. The SMILES string of the molecule is c1ccc(-n2c3ccccc3c3cc(-c4cc5c6c(ccc7cc(-c8ccc9c(c8)c8ccccc8n9-c8ccccc8)cc(c76)C5(c5ccc(-n6c7ccccc7c7ccccc76)cc5)c5ccc(-n6c7ccccc7c7ccccc76)cc5)c4)ccc32)cc1. The van der Waals surface area contributed by atoms with Gasteiger partial charge in [-0.05, 0) is 200 Å². The van der Waals surface area contributed by atoms with Crippen LogP contribution < -0.4 is 0 Å². The van der Waals surface area contributed by atoms with Crippen LogP contribution in [0.3, 0.4) is 0 Å². The van der Waals surface area contributed by atoms with Gasteiger partial charge in [0.15, 0.2) is 0 Å². The fraction of sp³-hybridized carbons (Fsp3) is 0.0115. The first-order valence-corrected chi connectivity index (χ1v) is 31.6. The molecule has 1 aliphatic rings. The third-order valence-electron chi connectivity index (χ3n) is 20.2. The van der Waals surface area contributed by atoms with E-state index in [1.165, 1.54) is 153 Å². The number of nitrogens with zero attached hydrogens (tertiary/aromatic N) is 4. The summed E-state index contributed by atoms with van der Waals surface area (Å²) in [5, 5.41) is 15.0. The van der Waals surface area contributed by atoms with Crippen LogP contribution in [-0.4, -0.2) is 18.3 Å². The molecule has 19 aromatic rings. The largest absolute Gasteiger partial charge is 0.309 e. The van der Waals surface area contributed by atoms with Gasteiger partial charge in [0.25, 0.3) is 0 Å². The van der Waals surface area contributed by atoms with Crippen LogP contribution in [0.4, 0.5) is 0 Å². The molecular weight excluding hydrogens is 1100 g/mol. The Kier molecular flexibility index (Phi) is 10.5. The van der Waals surface area contributed by atoms with Gasteiger partial charge in [0.2, 0.25) is 0 Å². The highest BCUT2D eigenvalue weighted by atomic mass is 15.0. The highest BCUT2D eigenvalue weighted by molar-refractivity contribution is 6.19. The lowest BCUT2D eigenvalue weighted by Gasteiger charge is -2.35. The monoisotopic (exact) mass is 1150 g/mol. The molecule has 0 bridgehead atoms. The lowest BCUT2D eigenvalue weighted by atomic mass is 9.66. The first-order valence-electron chi connectivity index (χ1n) is 31.6. The number of hydrogen-bond acceptors (Lipinski definition) is 0. The lowest BCUT2D eigenvalue weighted by Crippen LogP contribution is -2.29. The minimum atomic E-state index is -0.800. The Balaban J connectivity index is 0.866. The molecule has 422 valence electrons. The summed E-state index contributed by atoms with van der Waals surface area (Å²) in [6.45, 7) is 0. The van der Waals surface area contributed by atoms with E-state index in [0.29, 0.717) is 0 Å². The van der Waals surface area contributed by atoms with E-state index in [1.54, 1.807) is 0 Å². The van der Waals surface area contributed by atoms with Gasteiger partial charge in [0.05, 0.1) is 49.5 Å². The zero-order chi connectivity index (χ0) is 59.5. The summed E-state index contributed by atoms with van der Waals surface area (Å²) in [7, 11) is 0. The Morgan fingerprint density at radius 1 is 0.187 bits per heavy atom. The number of benzene rings is 15. The van der Waals surface area contributed by atoms with Crippen molar-refractivity contribution in [3.05, 3.63) is 350 Å². The maximum absolute atomic E-state index is 2.56. The molecule has 4 nitrogen and oxygen atoms in total. The van der Waals surface area contributed by atoms with Gasteiger partial charge in [-0.25, -0.2) is 0 Å². The first kappa shape index (κ1) is 50.1. The van der Waals surface area contributed by atoms with Gasteiger partial charge in [-0.15, -0.1) is 0 Å². The lowest BCUT2D eigenvalue weighted by molar-refractivity contribution is 0.771. The molecule has 0 radical (unpaired) electrons. The molecule has 4 heteroatoms. The molecule has 0 amide bonds. The fourth-order valence-corrected chi connectivity index (χ4v) is 16.3.